The van der Waals surface area contributed by atoms with Crippen LogP contribution in [-0.2, 0) is 9.59 Å². The Kier molecular flexibility index (Phi) is 2.41. The van der Waals surface area contributed by atoms with Crippen LogP contribution < -0.4 is 5.32 Å². The second-order valence-electron chi connectivity index (χ2n) is 3.34. The molecule has 0 radical (unpaired) electrons. The molecule has 0 aromatic carbocycles. The van der Waals surface area contributed by atoms with Crippen LogP contribution in [0.25, 0.3) is 5.57 Å². The Labute approximate surface area is 87.0 Å². The molecule has 0 atom stereocenters. The first kappa shape index (κ1) is 9.71. The molecule has 1 aromatic heterocycles. The summed E-state index contributed by atoms with van der Waals surface area (Å²) in [6.45, 7) is 1.93. The number of nitrogens with one attached hydrogen (secondary N) is 1. The van der Waals surface area contributed by atoms with Crippen molar-refractivity contribution in [2.24, 2.45) is 0 Å². The number of imide groups is 1. The van der Waals surface area contributed by atoms with Crippen molar-refractivity contribution < 1.29 is 14.0 Å². The summed E-state index contributed by atoms with van der Waals surface area (Å²) in [6.07, 6.45) is 2.38. The lowest BCUT2D eigenvalue weighted by Gasteiger charge is -2.03. The minimum atomic E-state index is -0.298. The van der Waals surface area contributed by atoms with Crippen LogP contribution in [0.5, 0.6) is 0 Å². The lowest BCUT2D eigenvalue weighted by atomic mass is 10.0. The topological polar surface area (TPSA) is 59.3 Å². The van der Waals surface area contributed by atoms with Crippen LogP contribution in [0, 0.1) is 0 Å². The van der Waals surface area contributed by atoms with Gasteiger partial charge >= 0.3 is 0 Å². The summed E-state index contributed by atoms with van der Waals surface area (Å²) in [5.74, 6) is 0.123. The maximum Gasteiger partial charge on any atom is 0.254 e. The molecule has 0 unspecified atom stereocenters. The van der Waals surface area contributed by atoms with Crippen molar-refractivity contribution in [1.82, 2.24) is 5.32 Å². The molecule has 0 aliphatic carbocycles. The molecule has 1 saturated heterocycles. The van der Waals surface area contributed by atoms with E-state index in [4.69, 9.17) is 4.42 Å². The highest BCUT2D eigenvalue weighted by atomic mass is 16.3. The van der Waals surface area contributed by atoms with Gasteiger partial charge in [-0.2, -0.15) is 0 Å². The van der Waals surface area contributed by atoms with Crippen molar-refractivity contribution in [3.8, 4) is 0 Å². The summed E-state index contributed by atoms with van der Waals surface area (Å²) in [5.41, 5.74) is 1.33. The summed E-state index contributed by atoms with van der Waals surface area (Å²) < 4.78 is 5.23. The number of hydrogen-bond acceptors (Lipinski definition) is 3. The van der Waals surface area contributed by atoms with Crippen molar-refractivity contribution in [3.63, 3.8) is 0 Å². The van der Waals surface area contributed by atoms with E-state index >= 15 is 0 Å². The average molecular weight is 205 g/mol. The number of furan rings is 1. The largest absolute Gasteiger partial charge is 0.465 e. The van der Waals surface area contributed by atoms with E-state index in [0.29, 0.717) is 17.8 Å². The Morgan fingerprint density at radius 1 is 1.53 bits per heavy atom. The molecule has 0 spiro atoms. The molecule has 4 heteroatoms. The van der Waals surface area contributed by atoms with Gasteiger partial charge in [-0.15, -0.1) is 0 Å². The van der Waals surface area contributed by atoms with E-state index in [1.165, 1.54) is 0 Å². The third kappa shape index (κ3) is 1.70. The zero-order chi connectivity index (χ0) is 10.8. The highest BCUT2D eigenvalue weighted by Crippen LogP contribution is 2.26. The molecule has 1 N–H and O–H groups in total. The zero-order valence-corrected chi connectivity index (χ0v) is 8.37. The predicted molar refractivity (Wildman–Crippen MR) is 53.7 cm³/mol. The molecule has 1 aromatic rings. The number of allylic oxidation sites excluding steroid dienone is 1. The van der Waals surface area contributed by atoms with Crippen molar-refractivity contribution in [2.75, 3.05) is 0 Å². The first-order chi connectivity index (χ1) is 7.22. The van der Waals surface area contributed by atoms with Crippen molar-refractivity contribution in [2.45, 2.75) is 19.8 Å². The number of rotatable bonds is 2. The number of carbonyl (C=O) groups excluding carboxylic acids is 2. The summed E-state index contributed by atoms with van der Waals surface area (Å²) in [7, 11) is 0. The maximum absolute atomic E-state index is 11.4. The lowest BCUT2D eigenvalue weighted by Crippen LogP contribution is -2.19. The van der Waals surface area contributed by atoms with Gasteiger partial charge in [0.05, 0.1) is 12.7 Å². The van der Waals surface area contributed by atoms with Crippen LogP contribution in [0.1, 0.15) is 25.5 Å². The van der Waals surface area contributed by atoms with Gasteiger partial charge in [0.1, 0.15) is 5.76 Å². The fourth-order valence-electron chi connectivity index (χ4n) is 1.72. The molecular weight excluding hydrogens is 194 g/mol. The van der Waals surface area contributed by atoms with Gasteiger partial charge in [0.15, 0.2) is 0 Å². The summed E-state index contributed by atoms with van der Waals surface area (Å²) in [5, 5.41) is 2.27. The van der Waals surface area contributed by atoms with E-state index in [0.717, 1.165) is 5.57 Å². The second kappa shape index (κ2) is 3.73. The second-order valence-corrected chi connectivity index (χ2v) is 3.34. The molecule has 15 heavy (non-hydrogen) atoms. The molecule has 1 aliphatic rings. The first-order valence-electron chi connectivity index (χ1n) is 4.82. The minimum absolute atomic E-state index is 0.155. The third-order valence-corrected chi connectivity index (χ3v) is 2.40. The van der Waals surface area contributed by atoms with Gasteiger partial charge in [-0.1, -0.05) is 6.92 Å². The van der Waals surface area contributed by atoms with E-state index in [9.17, 15) is 9.59 Å². The van der Waals surface area contributed by atoms with Crippen molar-refractivity contribution in [3.05, 3.63) is 29.7 Å². The van der Waals surface area contributed by atoms with Gasteiger partial charge < -0.3 is 4.42 Å². The Morgan fingerprint density at radius 3 is 2.80 bits per heavy atom. The standard InChI is InChI=1S/C11H11NO3/c1-2-7(9-4-3-5-15-9)8-6-10(13)12-11(8)14/h3-5H,2,6H2,1H3,(H,12,13,14). The highest BCUT2D eigenvalue weighted by Gasteiger charge is 2.27. The van der Waals surface area contributed by atoms with Crippen LogP contribution >= 0.6 is 0 Å². The van der Waals surface area contributed by atoms with Crippen LogP contribution in [0.4, 0.5) is 0 Å². The van der Waals surface area contributed by atoms with Gasteiger partial charge in [0.25, 0.3) is 5.91 Å². The Hall–Kier alpha value is -1.84. The van der Waals surface area contributed by atoms with E-state index in [1.54, 1.807) is 18.4 Å². The minimum Gasteiger partial charge on any atom is -0.465 e. The molecular formula is C11H11NO3. The van der Waals surface area contributed by atoms with Crippen molar-refractivity contribution in [1.29, 1.82) is 0 Å². The molecule has 0 bridgehead atoms. The van der Waals surface area contributed by atoms with E-state index in [2.05, 4.69) is 5.32 Å². The monoisotopic (exact) mass is 205 g/mol. The van der Waals surface area contributed by atoms with Gasteiger partial charge in [-0.3, -0.25) is 14.9 Å². The lowest BCUT2D eigenvalue weighted by molar-refractivity contribution is -0.124. The first-order valence-corrected chi connectivity index (χ1v) is 4.82. The number of hydrogen-bond donors (Lipinski definition) is 1. The molecule has 4 nitrogen and oxygen atoms in total. The third-order valence-electron chi connectivity index (χ3n) is 2.40. The average Bonchev–Trinajstić information content (AvgIpc) is 2.79. The van der Waals surface area contributed by atoms with E-state index in [1.807, 2.05) is 6.92 Å². The smallest absolute Gasteiger partial charge is 0.254 e. The van der Waals surface area contributed by atoms with Crippen molar-refractivity contribution >= 4 is 17.4 Å². The van der Waals surface area contributed by atoms with Crippen LogP contribution in [0.15, 0.2) is 28.4 Å². The molecule has 1 fully saturated rings. The fourth-order valence-corrected chi connectivity index (χ4v) is 1.72. The van der Waals surface area contributed by atoms with Crippen LogP contribution in [-0.4, -0.2) is 11.8 Å². The molecule has 2 rings (SSSR count). The summed E-state index contributed by atoms with van der Waals surface area (Å²) in [4.78, 5) is 22.5. The van der Waals surface area contributed by atoms with Crippen LogP contribution in [0.2, 0.25) is 0 Å². The van der Waals surface area contributed by atoms with Gasteiger partial charge in [0.2, 0.25) is 5.91 Å². The predicted octanol–water partition coefficient (Wildman–Crippen LogP) is 1.49. The maximum atomic E-state index is 11.4. The van der Waals surface area contributed by atoms with E-state index in [-0.39, 0.29) is 18.2 Å². The SMILES string of the molecule is CCC(=C1CC(=O)NC1=O)c1ccco1. The highest BCUT2D eigenvalue weighted by molar-refractivity contribution is 6.17. The molecule has 2 heterocycles. The van der Waals surface area contributed by atoms with Gasteiger partial charge in [-0.25, -0.2) is 0 Å². The number of amides is 2. The fraction of sp³-hybridized carbons (Fsp3) is 0.273. The summed E-state index contributed by atoms with van der Waals surface area (Å²) >= 11 is 0. The van der Waals surface area contributed by atoms with Crippen LogP contribution in [0.3, 0.4) is 0 Å². The quantitative estimate of drug-likeness (QED) is 0.587. The molecule has 0 saturated carbocycles. The molecule has 78 valence electrons. The van der Waals surface area contributed by atoms with Gasteiger partial charge in [0, 0.05) is 11.1 Å². The van der Waals surface area contributed by atoms with Gasteiger partial charge in [-0.05, 0) is 18.6 Å². The Balaban J connectivity index is 2.45. The Morgan fingerprint density at radius 2 is 2.33 bits per heavy atom. The van der Waals surface area contributed by atoms with E-state index < -0.39 is 0 Å². The normalized spacial score (nSPS) is 19.3. The molecule has 2 amide bonds. The Bertz CT molecular complexity index is 429. The summed E-state index contributed by atoms with van der Waals surface area (Å²) in [6, 6.07) is 3.56. The number of carbonyl (C=O) groups is 2. The zero-order valence-electron chi connectivity index (χ0n) is 8.37. The molecule has 1 aliphatic heterocycles.